The van der Waals surface area contributed by atoms with E-state index in [0.29, 0.717) is 6.61 Å². The number of hydrogen-bond donors (Lipinski definition) is 1. The maximum absolute atomic E-state index is 13.5. The summed E-state index contributed by atoms with van der Waals surface area (Å²) in [6.07, 6.45) is 1.81. The first-order valence-corrected chi connectivity index (χ1v) is 6.99. The highest BCUT2D eigenvalue weighted by molar-refractivity contribution is 5.21. The number of benzene rings is 2. The van der Waals surface area contributed by atoms with E-state index in [4.69, 9.17) is 10.5 Å². The Labute approximate surface area is 123 Å². The Kier molecular flexibility index (Phi) is 5.84. The molecule has 0 aliphatic carbocycles. The smallest absolute Gasteiger partial charge is 0.130 e. The van der Waals surface area contributed by atoms with Gasteiger partial charge in [0.1, 0.15) is 11.6 Å². The summed E-state index contributed by atoms with van der Waals surface area (Å²) < 4.78 is 31.8. The molecule has 0 bridgehead atoms. The van der Waals surface area contributed by atoms with Gasteiger partial charge in [-0.1, -0.05) is 36.4 Å². The van der Waals surface area contributed by atoms with E-state index in [-0.39, 0.29) is 12.2 Å². The first-order chi connectivity index (χ1) is 10.2. The van der Waals surface area contributed by atoms with Crippen molar-refractivity contribution in [1.29, 1.82) is 0 Å². The minimum absolute atomic E-state index is 0.220. The molecule has 0 saturated carbocycles. The van der Waals surface area contributed by atoms with Crippen LogP contribution in [-0.2, 0) is 11.2 Å². The lowest BCUT2D eigenvalue weighted by Gasteiger charge is -2.13. The van der Waals surface area contributed by atoms with Crippen molar-refractivity contribution in [3.05, 3.63) is 71.3 Å². The fourth-order valence-corrected chi connectivity index (χ4v) is 2.13. The SMILES string of the molecule is NC(COCCCc1ccccc1)c1ccc(F)cc1F. The highest BCUT2D eigenvalue weighted by Crippen LogP contribution is 2.16. The van der Waals surface area contributed by atoms with E-state index < -0.39 is 17.7 Å². The lowest BCUT2D eigenvalue weighted by atomic mass is 10.1. The molecule has 1 unspecified atom stereocenters. The zero-order valence-electron chi connectivity index (χ0n) is 11.8. The Bertz CT molecular complexity index is 560. The van der Waals surface area contributed by atoms with E-state index in [1.165, 1.54) is 17.7 Å². The van der Waals surface area contributed by atoms with Gasteiger partial charge < -0.3 is 10.5 Å². The molecule has 21 heavy (non-hydrogen) atoms. The summed E-state index contributed by atoms with van der Waals surface area (Å²) in [5.41, 5.74) is 7.39. The summed E-state index contributed by atoms with van der Waals surface area (Å²) >= 11 is 0. The molecular weight excluding hydrogens is 272 g/mol. The molecule has 1 atom stereocenters. The van der Waals surface area contributed by atoms with Crippen LogP contribution in [0.1, 0.15) is 23.6 Å². The number of hydrogen-bond acceptors (Lipinski definition) is 2. The molecule has 2 rings (SSSR count). The van der Waals surface area contributed by atoms with Crippen molar-refractivity contribution in [2.45, 2.75) is 18.9 Å². The zero-order chi connectivity index (χ0) is 15.1. The topological polar surface area (TPSA) is 35.2 Å². The number of ether oxygens (including phenoxy) is 1. The van der Waals surface area contributed by atoms with Crippen LogP contribution < -0.4 is 5.73 Å². The summed E-state index contributed by atoms with van der Waals surface area (Å²) in [6, 6.07) is 12.9. The van der Waals surface area contributed by atoms with Gasteiger partial charge in [0.25, 0.3) is 0 Å². The molecule has 0 amide bonds. The standard InChI is InChI=1S/C17H19F2NO/c18-14-8-9-15(16(19)11-14)17(20)12-21-10-4-7-13-5-2-1-3-6-13/h1-3,5-6,8-9,11,17H,4,7,10,12,20H2. The quantitative estimate of drug-likeness (QED) is 0.791. The summed E-state index contributed by atoms with van der Waals surface area (Å²) in [6.45, 7) is 0.781. The first-order valence-electron chi connectivity index (χ1n) is 6.99. The average molecular weight is 291 g/mol. The largest absolute Gasteiger partial charge is 0.379 e. The van der Waals surface area contributed by atoms with Gasteiger partial charge in [0.05, 0.1) is 12.6 Å². The van der Waals surface area contributed by atoms with Crippen molar-refractivity contribution in [3.63, 3.8) is 0 Å². The molecule has 0 fully saturated rings. The lowest BCUT2D eigenvalue weighted by Crippen LogP contribution is -2.19. The predicted octanol–water partition coefficient (Wildman–Crippen LogP) is 3.61. The average Bonchev–Trinajstić information content (AvgIpc) is 2.47. The summed E-state index contributed by atoms with van der Waals surface area (Å²) in [5, 5.41) is 0. The van der Waals surface area contributed by atoms with E-state index in [1.54, 1.807) is 0 Å². The molecule has 0 aliphatic heterocycles. The Morgan fingerprint density at radius 1 is 1.05 bits per heavy atom. The Morgan fingerprint density at radius 3 is 2.52 bits per heavy atom. The molecule has 0 heterocycles. The molecule has 2 N–H and O–H groups in total. The first kappa shape index (κ1) is 15.6. The van der Waals surface area contributed by atoms with Gasteiger partial charge in [-0.3, -0.25) is 0 Å². The molecule has 2 aromatic rings. The normalized spacial score (nSPS) is 12.3. The minimum Gasteiger partial charge on any atom is -0.379 e. The predicted molar refractivity (Wildman–Crippen MR) is 78.9 cm³/mol. The van der Waals surface area contributed by atoms with E-state index in [9.17, 15) is 8.78 Å². The molecule has 0 saturated heterocycles. The lowest BCUT2D eigenvalue weighted by molar-refractivity contribution is 0.118. The monoisotopic (exact) mass is 291 g/mol. The van der Waals surface area contributed by atoms with Gasteiger partial charge in [-0.2, -0.15) is 0 Å². The van der Waals surface area contributed by atoms with Gasteiger partial charge in [-0.15, -0.1) is 0 Å². The number of aryl methyl sites for hydroxylation is 1. The van der Waals surface area contributed by atoms with Gasteiger partial charge in [0.15, 0.2) is 0 Å². The molecule has 2 aromatic carbocycles. The third-order valence-electron chi connectivity index (χ3n) is 3.26. The summed E-state index contributed by atoms with van der Waals surface area (Å²) in [5.74, 6) is -1.23. The van der Waals surface area contributed by atoms with Crippen LogP contribution in [0.15, 0.2) is 48.5 Å². The second-order valence-corrected chi connectivity index (χ2v) is 4.94. The van der Waals surface area contributed by atoms with Crippen LogP contribution in [0.5, 0.6) is 0 Å². The van der Waals surface area contributed by atoms with Crippen molar-refractivity contribution in [2.75, 3.05) is 13.2 Å². The van der Waals surface area contributed by atoms with Crippen molar-refractivity contribution in [2.24, 2.45) is 5.73 Å². The third kappa shape index (κ3) is 4.92. The number of rotatable bonds is 7. The Morgan fingerprint density at radius 2 is 1.81 bits per heavy atom. The van der Waals surface area contributed by atoms with Crippen LogP contribution in [-0.4, -0.2) is 13.2 Å². The van der Waals surface area contributed by atoms with Crippen LogP contribution in [0.25, 0.3) is 0 Å². The van der Waals surface area contributed by atoms with E-state index in [0.717, 1.165) is 18.9 Å². The second kappa shape index (κ2) is 7.86. The van der Waals surface area contributed by atoms with Crippen LogP contribution >= 0.6 is 0 Å². The van der Waals surface area contributed by atoms with Crippen molar-refractivity contribution >= 4 is 0 Å². The van der Waals surface area contributed by atoms with Crippen LogP contribution in [0.2, 0.25) is 0 Å². The Balaban J connectivity index is 1.71. The fraction of sp³-hybridized carbons (Fsp3) is 0.294. The molecule has 0 spiro atoms. The number of nitrogens with two attached hydrogens (primary N) is 1. The molecule has 112 valence electrons. The van der Waals surface area contributed by atoms with Gasteiger partial charge in [-0.05, 0) is 24.5 Å². The van der Waals surface area contributed by atoms with Crippen molar-refractivity contribution in [3.8, 4) is 0 Å². The summed E-state index contributed by atoms with van der Waals surface area (Å²) in [7, 11) is 0. The van der Waals surface area contributed by atoms with E-state index in [2.05, 4.69) is 12.1 Å². The van der Waals surface area contributed by atoms with Crippen molar-refractivity contribution in [1.82, 2.24) is 0 Å². The van der Waals surface area contributed by atoms with Gasteiger partial charge in [-0.25, -0.2) is 8.78 Å². The summed E-state index contributed by atoms with van der Waals surface area (Å²) in [4.78, 5) is 0. The van der Waals surface area contributed by atoms with E-state index >= 15 is 0 Å². The number of halogens is 2. The van der Waals surface area contributed by atoms with Gasteiger partial charge >= 0.3 is 0 Å². The Hall–Kier alpha value is -1.78. The molecule has 0 aliphatic rings. The van der Waals surface area contributed by atoms with Gasteiger partial charge in [0.2, 0.25) is 0 Å². The fourth-order valence-electron chi connectivity index (χ4n) is 2.13. The van der Waals surface area contributed by atoms with Crippen LogP contribution in [0, 0.1) is 11.6 Å². The zero-order valence-corrected chi connectivity index (χ0v) is 11.8. The maximum Gasteiger partial charge on any atom is 0.130 e. The highest BCUT2D eigenvalue weighted by Gasteiger charge is 2.12. The molecule has 2 nitrogen and oxygen atoms in total. The van der Waals surface area contributed by atoms with Gasteiger partial charge in [0, 0.05) is 18.2 Å². The minimum atomic E-state index is -0.629. The second-order valence-electron chi connectivity index (χ2n) is 4.94. The van der Waals surface area contributed by atoms with Crippen LogP contribution in [0.4, 0.5) is 8.78 Å². The van der Waals surface area contributed by atoms with E-state index in [1.807, 2.05) is 18.2 Å². The molecular formula is C17H19F2NO. The van der Waals surface area contributed by atoms with Crippen LogP contribution in [0.3, 0.4) is 0 Å². The maximum atomic E-state index is 13.5. The van der Waals surface area contributed by atoms with Crippen molar-refractivity contribution < 1.29 is 13.5 Å². The molecule has 0 aromatic heterocycles. The highest BCUT2D eigenvalue weighted by atomic mass is 19.1. The molecule has 0 radical (unpaired) electrons. The molecule has 4 heteroatoms. The third-order valence-corrected chi connectivity index (χ3v) is 3.26.